The van der Waals surface area contributed by atoms with Gasteiger partial charge in [0.1, 0.15) is 5.75 Å². The van der Waals surface area contributed by atoms with Gasteiger partial charge in [0.05, 0.1) is 17.8 Å². The Labute approximate surface area is 154 Å². The van der Waals surface area contributed by atoms with Crippen LogP contribution in [0.5, 0.6) is 5.75 Å². The second kappa shape index (κ2) is 7.63. The van der Waals surface area contributed by atoms with Crippen LogP contribution in [-0.2, 0) is 0 Å². The molecule has 0 bridgehead atoms. The molecule has 0 aliphatic rings. The zero-order valence-corrected chi connectivity index (χ0v) is 15.1. The van der Waals surface area contributed by atoms with Gasteiger partial charge in [-0.05, 0) is 49.4 Å². The van der Waals surface area contributed by atoms with E-state index in [1.54, 1.807) is 32.2 Å². The number of carbonyl (C=O) groups excluding carboxylic acids is 1. The van der Waals surface area contributed by atoms with E-state index >= 15 is 0 Å². The Kier molecular flexibility index (Phi) is 5.31. The van der Waals surface area contributed by atoms with Crippen LogP contribution in [0.4, 0.5) is 5.69 Å². The number of aryl methyl sites for hydroxylation is 1. The molecule has 5 nitrogen and oxygen atoms in total. The summed E-state index contributed by atoms with van der Waals surface area (Å²) in [5.41, 5.74) is 1.23. The van der Waals surface area contributed by atoms with Gasteiger partial charge in [-0.15, -0.1) is 0 Å². The molecule has 0 aliphatic carbocycles. The monoisotopic (exact) mass is 374 g/mol. The molecule has 128 valence electrons. The molecule has 0 aliphatic heterocycles. The largest absolute Gasteiger partial charge is 0.497 e. The molecule has 25 heavy (non-hydrogen) atoms. The Balaban J connectivity index is 1.70. The zero-order chi connectivity index (χ0) is 17.8. The summed E-state index contributed by atoms with van der Waals surface area (Å²) < 4.78 is 10.1. The molecule has 1 heterocycles. The fourth-order valence-electron chi connectivity index (χ4n) is 2.10. The SMILES string of the molecule is COc1ccc(Sc2ccc(NC(=O)c3cc(C)no3)cc2Cl)cc1. The van der Waals surface area contributed by atoms with E-state index in [-0.39, 0.29) is 11.7 Å². The summed E-state index contributed by atoms with van der Waals surface area (Å²) in [6.07, 6.45) is 0. The molecule has 2 aromatic carbocycles. The first-order valence-electron chi connectivity index (χ1n) is 7.41. The zero-order valence-electron chi connectivity index (χ0n) is 13.6. The van der Waals surface area contributed by atoms with Gasteiger partial charge in [-0.3, -0.25) is 4.79 Å². The quantitative estimate of drug-likeness (QED) is 0.677. The van der Waals surface area contributed by atoms with Crippen molar-refractivity contribution in [3.8, 4) is 5.75 Å². The molecule has 0 atom stereocenters. The van der Waals surface area contributed by atoms with Gasteiger partial charge in [-0.1, -0.05) is 28.5 Å². The van der Waals surface area contributed by atoms with E-state index in [0.717, 1.165) is 15.5 Å². The van der Waals surface area contributed by atoms with Crippen molar-refractivity contribution in [2.45, 2.75) is 16.7 Å². The number of halogens is 1. The van der Waals surface area contributed by atoms with Gasteiger partial charge < -0.3 is 14.6 Å². The van der Waals surface area contributed by atoms with Crippen LogP contribution in [0.1, 0.15) is 16.2 Å². The number of ether oxygens (including phenoxy) is 1. The summed E-state index contributed by atoms with van der Waals surface area (Å²) in [7, 11) is 1.63. The van der Waals surface area contributed by atoms with Crippen LogP contribution < -0.4 is 10.1 Å². The minimum absolute atomic E-state index is 0.158. The third-order valence-corrected chi connectivity index (χ3v) is 4.84. The van der Waals surface area contributed by atoms with Crippen molar-refractivity contribution in [1.29, 1.82) is 0 Å². The molecule has 3 aromatic rings. The van der Waals surface area contributed by atoms with E-state index < -0.39 is 0 Å². The molecular weight excluding hydrogens is 360 g/mol. The molecule has 0 spiro atoms. The maximum Gasteiger partial charge on any atom is 0.294 e. The highest BCUT2D eigenvalue weighted by atomic mass is 35.5. The number of carbonyl (C=O) groups is 1. The summed E-state index contributed by atoms with van der Waals surface area (Å²) in [6.45, 7) is 1.75. The third kappa shape index (κ3) is 4.35. The Morgan fingerprint density at radius 1 is 1.20 bits per heavy atom. The summed E-state index contributed by atoms with van der Waals surface area (Å²) in [5.74, 6) is 0.591. The van der Waals surface area contributed by atoms with Crippen molar-refractivity contribution < 1.29 is 14.1 Å². The Hall–Kier alpha value is -2.44. The topological polar surface area (TPSA) is 64.4 Å². The third-order valence-electron chi connectivity index (χ3n) is 3.33. The highest BCUT2D eigenvalue weighted by molar-refractivity contribution is 7.99. The van der Waals surface area contributed by atoms with Crippen LogP contribution in [0.25, 0.3) is 0 Å². The van der Waals surface area contributed by atoms with Gasteiger partial charge in [-0.2, -0.15) is 0 Å². The van der Waals surface area contributed by atoms with Gasteiger partial charge in [0.15, 0.2) is 0 Å². The number of nitrogens with zero attached hydrogens (tertiary/aromatic N) is 1. The number of hydrogen-bond acceptors (Lipinski definition) is 5. The lowest BCUT2D eigenvalue weighted by Gasteiger charge is -2.08. The summed E-state index contributed by atoms with van der Waals surface area (Å²) in [6, 6.07) is 14.6. The molecule has 1 amide bonds. The van der Waals surface area contributed by atoms with Crippen molar-refractivity contribution in [1.82, 2.24) is 5.16 Å². The van der Waals surface area contributed by atoms with E-state index in [1.807, 2.05) is 30.3 Å². The molecule has 7 heteroatoms. The second-order valence-corrected chi connectivity index (χ2v) is 6.73. The summed E-state index contributed by atoms with van der Waals surface area (Å²) >= 11 is 7.87. The van der Waals surface area contributed by atoms with Crippen molar-refractivity contribution in [3.63, 3.8) is 0 Å². The molecule has 1 N–H and O–H groups in total. The Morgan fingerprint density at radius 2 is 1.96 bits per heavy atom. The van der Waals surface area contributed by atoms with Crippen LogP contribution >= 0.6 is 23.4 Å². The second-order valence-electron chi connectivity index (χ2n) is 5.21. The average Bonchev–Trinajstić information content (AvgIpc) is 3.04. The number of nitrogens with one attached hydrogen (secondary N) is 1. The number of anilines is 1. The molecule has 3 rings (SSSR count). The van der Waals surface area contributed by atoms with Gasteiger partial charge in [0.25, 0.3) is 5.91 Å². The lowest BCUT2D eigenvalue weighted by atomic mass is 10.3. The normalized spacial score (nSPS) is 10.5. The minimum Gasteiger partial charge on any atom is -0.497 e. The van der Waals surface area contributed by atoms with Gasteiger partial charge in [0, 0.05) is 21.5 Å². The molecule has 0 saturated carbocycles. The fraction of sp³-hybridized carbons (Fsp3) is 0.111. The lowest BCUT2D eigenvalue weighted by Crippen LogP contribution is -2.10. The summed E-state index contributed by atoms with van der Waals surface area (Å²) in [5, 5.41) is 6.98. The Morgan fingerprint density at radius 3 is 2.56 bits per heavy atom. The summed E-state index contributed by atoms with van der Waals surface area (Å²) in [4.78, 5) is 14.0. The molecule has 1 aromatic heterocycles. The number of hydrogen-bond donors (Lipinski definition) is 1. The van der Waals surface area contributed by atoms with Crippen LogP contribution in [0, 0.1) is 6.92 Å². The maximum atomic E-state index is 12.1. The number of aromatic nitrogens is 1. The van der Waals surface area contributed by atoms with E-state index in [4.69, 9.17) is 20.9 Å². The molecular formula is C18H15ClN2O3S. The predicted octanol–water partition coefficient (Wildman–Crippen LogP) is 5.05. The Bertz CT molecular complexity index is 894. The van der Waals surface area contributed by atoms with Crippen molar-refractivity contribution in [3.05, 3.63) is 65.0 Å². The van der Waals surface area contributed by atoms with Gasteiger partial charge >= 0.3 is 0 Å². The van der Waals surface area contributed by atoms with Crippen LogP contribution in [0.2, 0.25) is 5.02 Å². The van der Waals surface area contributed by atoms with E-state index in [2.05, 4.69) is 10.5 Å². The van der Waals surface area contributed by atoms with Gasteiger partial charge in [0.2, 0.25) is 5.76 Å². The smallest absolute Gasteiger partial charge is 0.294 e. The number of rotatable bonds is 5. The maximum absolute atomic E-state index is 12.1. The first-order chi connectivity index (χ1) is 12.0. The molecule has 0 unspecified atom stereocenters. The van der Waals surface area contributed by atoms with Crippen LogP contribution in [-0.4, -0.2) is 18.2 Å². The van der Waals surface area contributed by atoms with Crippen LogP contribution in [0.3, 0.4) is 0 Å². The van der Waals surface area contributed by atoms with Crippen molar-refractivity contribution in [2.75, 3.05) is 12.4 Å². The highest BCUT2D eigenvalue weighted by Crippen LogP contribution is 2.35. The lowest BCUT2D eigenvalue weighted by molar-refractivity contribution is 0.0988. The van der Waals surface area contributed by atoms with Crippen LogP contribution in [0.15, 0.2) is 62.8 Å². The van der Waals surface area contributed by atoms with E-state index in [0.29, 0.717) is 16.4 Å². The highest BCUT2D eigenvalue weighted by Gasteiger charge is 2.13. The van der Waals surface area contributed by atoms with Gasteiger partial charge in [-0.25, -0.2) is 0 Å². The predicted molar refractivity (Wildman–Crippen MR) is 97.8 cm³/mol. The standard InChI is InChI=1S/C18H15ClN2O3S/c1-11-9-16(24-21-11)18(22)20-12-3-8-17(15(19)10-12)25-14-6-4-13(23-2)5-7-14/h3-10H,1-2H3,(H,20,22). The minimum atomic E-state index is -0.368. The first-order valence-corrected chi connectivity index (χ1v) is 8.61. The number of benzene rings is 2. The fourth-order valence-corrected chi connectivity index (χ4v) is 3.21. The molecule has 0 saturated heterocycles. The molecule has 0 radical (unpaired) electrons. The van der Waals surface area contributed by atoms with Crippen molar-refractivity contribution in [2.24, 2.45) is 0 Å². The van der Waals surface area contributed by atoms with E-state index in [1.165, 1.54) is 11.8 Å². The number of amides is 1. The number of methoxy groups -OCH3 is 1. The molecule has 0 fully saturated rings. The van der Waals surface area contributed by atoms with E-state index in [9.17, 15) is 4.79 Å². The first kappa shape index (κ1) is 17.4. The average molecular weight is 375 g/mol. The van der Waals surface area contributed by atoms with Crippen molar-refractivity contribution >= 4 is 35.0 Å².